The molecular formula is C16H13BrN2O. The van der Waals surface area contributed by atoms with Crippen LogP contribution in [0, 0.1) is 6.92 Å². The maximum Gasteiger partial charge on any atom is 0.231 e. The molecule has 0 unspecified atom stereocenters. The Hall–Kier alpha value is -1.94. The molecule has 1 heterocycles. The van der Waals surface area contributed by atoms with Crippen molar-refractivity contribution >= 4 is 15.9 Å². The molecule has 0 fully saturated rings. The molecule has 0 atom stereocenters. The molecule has 4 heteroatoms. The van der Waals surface area contributed by atoms with Crippen molar-refractivity contribution in [3.63, 3.8) is 0 Å². The van der Waals surface area contributed by atoms with Gasteiger partial charge in [0.25, 0.3) is 0 Å². The Bertz CT molecular complexity index is 702. The van der Waals surface area contributed by atoms with E-state index in [4.69, 9.17) is 4.52 Å². The molecule has 0 saturated carbocycles. The van der Waals surface area contributed by atoms with Crippen molar-refractivity contribution in [3.05, 3.63) is 70.0 Å². The first kappa shape index (κ1) is 13.1. The third kappa shape index (κ3) is 2.96. The Kier molecular flexibility index (Phi) is 3.65. The molecule has 0 radical (unpaired) electrons. The third-order valence-electron chi connectivity index (χ3n) is 3.05. The van der Waals surface area contributed by atoms with Crippen LogP contribution in [0.2, 0.25) is 0 Å². The third-order valence-corrected chi connectivity index (χ3v) is 3.58. The number of nitrogens with zero attached hydrogens (tertiary/aromatic N) is 2. The van der Waals surface area contributed by atoms with Crippen LogP contribution in [0.1, 0.15) is 17.0 Å². The molecular weight excluding hydrogens is 316 g/mol. The topological polar surface area (TPSA) is 38.9 Å². The zero-order valence-electron chi connectivity index (χ0n) is 11.0. The van der Waals surface area contributed by atoms with Gasteiger partial charge in [0.05, 0.1) is 6.42 Å². The normalized spacial score (nSPS) is 10.7. The summed E-state index contributed by atoms with van der Waals surface area (Å²) >= 11 is 3.42. The summed E-state index contributed by atoms with van der Waals surface area (Å²) in [6.45, 7) is 2.05. The fraction of sp³-hybridized carbons (Fsp3) is 0.125. The molecule has 100 valence electrons. The summed E-state index contributed by atoms with van der Waals surface area (Å²) in [5.74, 6) is 1.26. The summed E-state index contributed by atoms with van der Waals surface area (Å²) in [5, 5.41) is 4.03. The van der Waals surface area contributed by atoms with Crippen molar-refractivity contribution in [2.75, 3.05) is 0 Å². The van der Waals surface area contributed by atoms with Crippen LogP contribution in [0.4, 0.5) is 0 Å². The van der Waals surface area contributed by atoms with Crippen molar-refractivity contribution in [2.45, 2.75) is 13.3 Å². The van der Waals surface area contributed by atoms with Gasteiger partial charge in [0.15, 0.2) is 0 Å². The second-order valence-electron chi connectivity index (χ2n) is 4.68. The summed E-state index contributed by atoms with van der Waals surface area (Å²) < 4.78 is 6.37. The Morgan fingerprint density at radius 2 is 1.70 bits per heavy atom. The van der Waals surface area contributed by atoms with E-state index < -0.39 is 0 Å². The van der Waals surface area contributed by atoms with E-state index in [-0.39, 0.29) is 0 Å². The largest absolute Gasteiger partial charge is 0.339 e. The van der Waals surface area contributed by atoms with Crippen LogP contribution >= 0.6 is 15.9 Å². The predicted molar refractivity (Wildman–Crippen MR) is 81.4 cm³/mol. The van der Waals surface area contributed by atoms with Gasteiger partial charge in [0.2, 0.25) is 11.7 Å². The number of halogens is 1. The van der Waals surface area contributed by atoms with E-state index in [2.05, 4.69) is 33.0 Å². The van der Waals surface area contributed by atoms with Crippen molar-refractivity contribution in [1.29, 1.82) is 0 Å². The van der Waals surface area contributed by atoms with E-state index >= 15 is 0 Å². The van der Waals surface area contributed by atoms with Gasteiger partial charge in [0, 0.05) is 10.0 Å². The van der Waals surface area contributed by atoms with Gasteiger partial charge in [-0.25, -0.2) is 0 Å². The SMILES string of the molecule is Cc1ccc(-c2noc(Cc3ccc(Br)cc3)n2)cc1. The van der Waals surface area contributed by atoms with Crippen molar-refractivity contribution < 1.29 is 4.52 Å². The van der Waals surface area contributed by atoms with Gasteiger partial charge < -0.3 is 4.52 Å². The predicted octanol–water partition coefficient (Wildman–Crippen LogP) is 4.40. The lowest BCUT2D eigenvalue weighted by molar-refractivity contribution is 0.385. The van der Waals surface area contributed by atoms with E-state index in [0.29, 0.717) is 18.1 Å². The fourth-order valence-electron chi connectivity index (χ4n) is 1.92. The number of rotatable bonds is 3. The van der Waals surface area contributed by atoms with E-state index in [1.807, 2.05) is 48.5 Å². The molecule has 3 rings (SSSR count). The summed E-state index contributed by atoms with van der Waals surface area (Å²) in [7, 11) is 0. The highest BCUT2D eigenvalue weighted by Crippen LogP contribution is 2.18. The van der Waals surface area contributed by atoms with Crippen LogP contribution in [0.3, 0.4) is 0 Å². The standard InChI is InChI=1S/C16H13BrN2O/c1-11-2-6-13(7-3-11)16-18-15(20-19-16)10-12-4-8-14(17)9-5-12/h2-9H,10H2,1H3. The van der Waals surface area contributed by atoms with Crippen molar-refractivity contribution in [1.82, 2.24) is 10.1 Å². The molecule has 0 aliphatic carbocycles. The van der Waals surface area contributed by atoms with E-state index in [0.717, 1.165) is 15.6 Å². The first-order valence-corrected chi connectivity index (χ1v) is 7.14. The maximum absolute atomic E-state index is 5.31. The zero-order valence-corrected chi connectivity index (χ0v) is 12.6. The van der Waals surface area contributed by atoms with Crippen LogP contribution in [0.15, 0.2) is 57.5 Å². The molecule has 0 spiro atoms. The summed E-state index contributed by atoms with van der Waals surface area (Å²) in [5.41, 5.74) is 3.33. The van der Waals surface area contributed by atoms with Crippen molar-refractivity contribution in [2.24, 2.45) is 0 Å². The molecule has 3 aromatic rings. The molecule has 0 N–H and O–H groups in total. The van der Waals surface area contributed by atoms with Gasteiger partial charge in [-0.3, -0.25) is 0 Å². The lowest BCUT2D eigenvalue weighted by Gasteiger charge is -1.96. The number of hydrogen-bond acceptors (Lipinski definition) is 3. The van der Waals surface area contributed by atoms with E-state index in [1.54, 1.807) is 0 Å². The quantitative estimate of drug-likeness (QED) is 0.715. The first-order valence-electron chi connectivity index (χ1n) is 6.35. The number of hydrogen-bond donors (Lipinski definition) is 0. The Balaban J connectivity index is 1.80. The minimum absolute atomic E-state index is 0.628. The minimum atomic E-state index is 0.628. The second-order valence-corrected chi connectivity index (χ2v) is 5.60. The highest BCUT2D eigenvalue weighted by atomic mass is 79.9. The van der Waals surface area contributed by atoms with Gasteiger partial charge in [-0.15, -0.1) is 0 Å². The number of aryl methyl sites for hydroxylation is 1. The van der Waals surface area contributed by atoms with Crippen LogP contribution in [-0.2, 0) is 6.42 Å². The molecule has 0 saturated heterocycles. The maximum atomic E-state index is 5.31. The van der Waals surface area contributed by atoms with Gasteiger partial charge in [-0.05, 0) is 24.6 Å². The van der Waals surface area contributed by atoms with Crippen LogP contribution in [0.25, 0.3) is 11.4 Å². The van der Waals surface area contributed by atoms with E-state index in [9.17, 15) is 0 Å². The average Bonchev–Trinajstić information content (AvgIpc) is 2.91. The van der Waals surface area contributed by atoms with E-state index in [1.165, 1.54) is 5.56 Å². The van der Waals surface area contributed by atoms with Crippen LogP contribution in [-0.4, -0.2) is 10.1 Å². The molecule has 0 aliphatic rings. The second kappa shape index (κ2) is 5.59. The molecule has 2 aromatic carbocycles. The van der Waals surface area contributed by atoms with Gasteiger partial charge >= 0.3 is 0 Å². The fourth-order valence-corrected chi connectivity index (χ4v) is 2.19. The number of aromatic nitrogens is 2. The molecule has 0 bridgehead atoms. The Morgan fingerprint density at radius 1 is 1.00 bits per heavy atom. The summed E-state index contributed by atoms with van der Waals surface area (Å²) in [6, 6.07) is 16.2. The number of benzene rings is 2. The molecule has 1 aromatic heterocycles. The molecule has 20 heavy (non-hydrogen) atoms. The van der Waals surface area contributed by atoms with Crippen molar-refractivity contribution in [3.8, 4) is 11.4 Å². The monoisotopic (exact) mass is 328 g/mol. The lowest BCUT2D eigenvalue weighted by Crippen LogP contribution is -1.88. The molecule has 3 nitrogen and oxygen atoms in total. The zero-order chi connectivity index (χ0) is 13.9. The molecule has 0 aliphatic heterocycles. The minimum Gasteiger partial charge on any atom is -0.339 e. The van der Waals surface area contributed by atoms with Crippen LogP contribution < -0.4 is 0 Å². The van der Waals surface area contributed by atoms with Gasteiger partial charge in [-0.1, -0.05) is 63.0 Å². The first-order chi connectivity index (χ1) is 9.70. The average molecular weight is 329 g/mol. The highest BCUT2D eigenvalue weighted by Gasteiger charge is 2.09. The lowest BCUT2D eigenvalue weighted by atomic mass is 10.1. The van der Waals surface area contributed by atoms with Gasteiger partial charge in [-0.2, -0.15) is 4.98 Å². The van der Waals surface area contributed by atoms with Gasteiger partial charge in [0.1, 0.15) is 0 Å². The Labute approximate surface area is 125 Å². The summed E-state index contributed by atoms with van der Waals surface area (Å²) in [4.78, 5) is 4.44. The Morgan fingerprint density at radius 3 is 2.40 bits per heavy atom. The molecule has 0 amide bonds. The highest BCUT2D eigenvalue weighted by molar-refractivity contribution is 9.10. The smallest absolute Gasteiger partial charge is 0.231 e. The summed E-state index contributed by atoms with van der Waals surface area (Å²) in [6.07, 6.45) is 0.645. The van der Waals surface area contributed by atoms with Crippen LogP contribution in [0.5, 0.6) is 0 Å².